The van der Waals surface area contributed by atoms with Gasteiger partial charge in [-0.05, 0) is 50.0 Å². The maximum Gasteiger partial charge on any atom is 0.0158 e. The zero-order valence-corrected chi connectivity index (χ0v) is 13.3. The number of rotatable bonds is 11. The third kappa shape index (κ3) is 8.33. The first-order chi connectivity index (χ1) is 9.36. The summed E-state index contributed by atoms with van der Waals surface area (Å²) in [7, 11) is 0. The molecule has 19 heavy (non-hydrogen) atoms. The molecule has 0 spiro atoms. The lowest BCUT2D eigenvalue weighted by Gasteiger charge is -2.18. The van der Waals surface area contributed by atoms with Gasteiger partial charge < -0.3 is 5.32 Å². The van der Waals surface area contributed by atoms with Crippen LogP contribution in [0.5, 0.6) is 0 Å². The molecule has 1 N–H and O–H groups in total. The van der Waals surface area contributed by atoms with Crippen molar-refractivity contribution in [3.05, 3.63) is 35.9 Å². The Balaban J connectivity index is 2.22. The van der Waals surface area contributed by atoms with Gasteiger partial charge in [0.1, 0.15) is 0 Å². The minimum absolute atomic E-state index is 0.695. The Morgan fingerprint density at radius 3 is 2.58 bits per heavy atom. The van der Waals surface area contributed by atoms with Gasteiger partial charge in [0.05, 0.1) is 0 Å². The molecule has 0 saturated carbocycles. The molecule has 0 aliphatic carbocycles. The van der Waals surface area contributed by atoms with Gasteiger partial charge in [-0.3, -0.25) is 0 Å². The molecule has 0 aliphatic rings. The number of benzene rings is 1. The quantitative estimate of drug-likeness (QED) is 0.598. The Kier molecular flexibility index (Phi) is 9.92. The fraction of sp³-hybridized carbons (Fsp3) is 0.647. The van der Waals surface area contributed by atoms with Gasteiger partial charge in [-0.25, -0.2) is 0 Å². The van der Waals surface area contributed by atoms with Crippen LogP contribution < -0.4 is 5.32 Å². The van der Waals surface area contributed by atoms with Gasteiger partial charge in [0, 0.05) is 11.8 Å². The monoisotopic (exact) mass is 279 g/mol. The highest BCUT2D eigenvalue weighted by Gasteiger charge is 2.07. The summed E-state index contributed by atoms with van der Waals surface area (Å²) in [6.07, 6.45) is 6.32. The van der Waals surface area contributed by atoms with Crippen LogP contribution in [0.3, 0.4) is 0 Å². The van der Waals surface area contributed by atoms with Crippen LogP contribution in [-0.2, 0) is 6.42 Å². The maximum atomic E-state index is 3.69. The zero-order valence-electron chi connectivity index (χ0n) is 12.5. The molecule has 1 atom stereocenters. The van der Waals surface area contributed by atoms with E-state index in [-0.39, 0.29) is 0 Å². The highest BCUT2D eigenvalue weighted by molar-refractivity contribution is 7.99. The van der Waals surface area contributed by atoms with E-state index >= 15 is 0 Å². The van der Waals surface area contributed by atoms with Crippen molar-refractivity contribution < 1.29 is 0 Å². The maximum absolute atomic E-state index is 3.69. The van der Waals surface area contributed by atoms with Crippen molar-refractivity contribution in [1.29, 1.82) is 0 Å². The van der Waals surface area contributed by atoms with E-state index in [9.17, 15) is 0 Å². The van der Waals surface area contributed by atoms with Crippen molar-refractivity contribution in [2.75, 3.05) is 18.1 Å². The molecule has 2 heteroatoms. The van der Waals surface area contributed by atoms with Crippen LogP contribution in [0, 0.1) is 0 Å². The molecule has 1 nitrogen and oxygen atoms in total. The van der Waals surface area contributed by atoms with E-state index in [1.165, 1.54) is 49.2 Å². The van der Waals surface area contributed by atoms with Gasteiger partial charge in [-0.1, -0.05) is 44.2 Å². The Morgan fingerprint density at radius 2 is 1.89 bits per heavy atom. The third-order valence-electron chi connectivity index (χ3n) is 3.21. The summed E-state index contributed by atoms with van der Waals surface area (Å²) in [6.45, 7) is 5.66. The Hall–Kier alpha value is -0.470. The number of aryl methyl sites for hydroxylation is 1. The molecule has 0 fully saturated rings. The molecule has 1 aromatic carbocycles. The number of nitrogens with one attached hydrogen (secondary N) is 1. The van der Waals surface area contributed by atoms with Crippen LogP contribution in [0.1, 0.15) is 45.1 Å². The van der Waals surface area contributed by atoms with Gasteiger partial charge in [0.2, 0.25) is 0 Å². The third-order valence-corrected chi connectivity index (χ3v) is 4.55. The Labute approximate surface area is 123 Å². The molecule has 0 amide bonds. The predicted molar refractivity (Wildman–Crippen MR) is 89.1 cm³/mol. The van der Waals surface area contributed by atoms with E-state index < -0.39 is 0 Å². The van der Waals surface area contributed by atoms with E-state index in [0.717, 1.165) is 6.54 Å². The van der Waals surface area contributed by atoms with Crippen molar-refractivity contribution in [3.8, 4) is 0 Å². The minimum Gasteiger partial charge on any atom is -0.313 e. The van der Waals surface area contributed by atoms with Gasteiger partial charge >= 0.3 is 0 Å². The van der Waals surface area contributed by atoms with Crippen LogP contribution in [0.15, 0.2) is 30.3 Å². The summed E-state index contributed by atoms with van der Waals surface area (Å²) < 4.78 is 0. The second-order valence-corrected chi connectivity index (χ2v) is 6.25. The van der Waals surface area contributed by atoms with Crippen LogP contribution in [0.4, 0.5) is 0 Å². The fourth-order valence-electron chi connectivity index (χ4n) is 2.16. The lowest BCUT2D eigenvalue weighted by atomic mass is 10.1. The van der Waals surface area contributed by atoms with Crippen LogP contribution in [0.2, 0.25) is 0 Å². The summed E-state index contributed by atoms with van der Waals surface area (Å²) in [5.74, 6) is 2.56. The summed E-state index contributed by atoms with van der Waals surface area (Å²) in [5.41, 5.74) is 1.47. The number of hydrogen-bond donors (Lipinski definition) is 1. The molecular weight excluding hydrogens is 250 g/mol. The molecule has 0 aliphatic heterocycles. The summed E-state index contributed by atoms with van der Waals surface area (Å²) in [4.78, 5) is 0. The molecule has 0 heterocycles. The highest BCUT2D eigenvalue weighted by Crippen LogP contribution is 2.11. The molecule has 1 unspecified atom stereocenters. The number of thioether (sulfide) groups is 1. The van der Waals surface area contributed by atoms with Gasteiger partial charge in [-0.15, -0.1) is 0 Å². The Morgan fingerprint density at radius 1 is 1.11 bits per heavy atom. The van der Waals surface area contributed by atoms with E-state index in [2.05, 4.69) is 61.3 Å². The van der Waals surface area contributed by atoms with Crippen molar-refractivity contribution in [1.82, 2.24) is 5.32 Å². The molecule has 1 aromatic rings. The van der Waals surface area contributed by atoms with Crippen molar-refractivity contribution in [2.45, 2.75) is 52.0 Å². The van der Waals surface area contributed by atoms with Crippen molar-refractivity contribution in [3.63, 3.8) is 0 Å². The minimum atomic E-state index is 0.695. The van der Waals surface area contributed by atoms with Crippen LogP contribution in [-0.4, -0.2) is 24.1 Å². The largest absolute Gasteiger partial charge is 0.313 e. The van der Waals surface area contributed by atoms with E-state index in [0.29, 0.717) is 6.04 Å². The van der Waals surface area contributed by atoms with E-state index in [1.54, 1.807) is 0 Å². The van der Waals surface area contributed by atoms with Gasteiger partial charge in [0.15, 0.2) is 0 Å². The van der Waals surface area contributed by atoms with Crippen molar-refractivity contribution in [2.24, 2.45) is 0 Å². The molecule has 0 saturated heterocycles. The van der Waals surface area contributed by atoms with Crippen LogP contribution in [0.25, 0.3) is 0 Å². The summed E-state index contributed by atoms with van der Waals surface area (Å²) >= 11 is 2.10. The standard InChI is InChI=1S/C17H29NS/c1-3-13-18-17(15-19-14-4-2)12-8-11-16-9-6-5-7-10-16/h5-7,9-10,17-18H,3-4,8,11-15H2,1-2H3. The van der Waals surface area contributed by atoms with E-state index in [4.69, 9.17) is 0 Å². The second kappa shape index (κ2) is 11.4. The second-order valence-electron chi connectivity index (χ2n) is 5.10. The fourth-order valence-corrected chi connectivity index (χ4v) is 3.18. The summed E-state index contributed by atoms with van der Waals surface area (Å²) in [6, 6.07) is 11.5. The first-order valence-electron chi connectivity index (χ1n) is 7.71. The van der Waals surface area contributed by atoms with E-state index in [1.807, 2.05) is 0 Å². The average molecular weight is 279 g/mol. The van der Waals surface area contributed by atoms with Gasteiger partial charge in [-0.2, -0.15) is 11.8 Å². The first-order valence-corrected chi connectivity index (χ1v) is 8.87. The highest BCUT2D eigenvalue weighted by atomic mass is 32.2. The van der Waals surface area contributed by atoms with Gasteiger partial charge in [0.25, 0.3) is 0 Å². The van der Waals surface area contributed by atoms with Crippen molar-refractivity contribution >= 4 is 11.8 Å². The van der Waals surface area contributed by atoms with Crippen LogP contribution >= 0.6 is 11.8 Å². The SMILES string of the molecule is CCCNC(CCCc1ccccc1)CSCCC. The first kappa shape index (κ1) is 16.6. The lowest BCUT2D eigenvalue weighted by Crippen LogP contribution is -2.32. The molecule has 0 radical (unpaired) electrons. The molecule has 1 rings (SSSR count). The zero-order chi connectivity index (χ0) is 13.8. The smallest absolute Gasteiger partial charge is 0.0158 e. The molecular formula is C17H29NS. The average Bonchev–Trinajstić information content (AvgIpc) is 2.45. The Bertz CT molecular complexity index is 299. The molecule has 0 bridgehead atoms. The number of hydrogen-bond acceptors (Lipinski definition) is 2. The molecule has 108 valence electrons. The topological polar surface area (TPSA) is 12.0 Å². The lowest BCUT2D eigenvalue weighted by molar-refractivity contribution is 0.504. The normalized spacial score (nSPS) is 12.5. The molecule has 0 aromatic heterocycles. The summed E-state index contributed by atoms with van der Waals surface area (Å²) in [5, 5.41) is 3.69. The predicted octanol–water partition coefficient (Wildman–Crippen LogP) is 4.52.